The van der Waals surface area contributed by atoms with Gasteiger partial charge in [0.05, 0.1) is 0 Å². The van der Waals surface area contributed by atoms with Crippen molar-refractivity contribution >= 4 is 46.5 Å². The number of urea groups is 1. The third-order valence-corrected chi connectivity index (χ3v) is 4.54. The molecule has 24 heavy (non-hydrogen) atoms. The first-order valence-electron chi connectivity index (χ1n) is 7.15. The van der Waals surface area contributed by atoms with Crippen LogP contribution in [0.5, 0.6) is 0 Å². The van der Waals surface area contributed by atoms with Gasteiger partial charge in [-0.1, -0.05) is 0 Å². The molecule has 7 heteroatoms. The molecule has 1 aromatic carbocycles. The summed E-state index contributed by atoms with van der Waals surface area (Å²) in [6.45, 7) is 0. The van der Waals surface area contributed by atoms with Crippen LogP contribution in [0.2, 0.25) is 0 Å². The fourth-order valence-electron chi connectivity index (χ4n) is 2.47. The van der Waals surface area contributed by atoms with Crippen LogP contribution in [0.3, 0.4) is 0 Å². The van der Waals surface area contributed by atoms with Gasteiger partial charge in [0.25, 0.3) is 11.8 Å². The Morgan fingerprint density at radius 3 is 2.08 bits per heavy atom. The number of halogens is 1. The second-order valence-corrected chi connectivity index (χ2v) is 6.59. The molecule has 0 radical (unpaired) electrons. The zero-order chi connectivity index (χ0) is 17.4. The van der Waals surface area contributed by atoms with Crippen LogP contribution in [-0.4, -0.2) is 46.3 Å². The van der Waals surface area contributed by atoms with Gasteiger partial charge in [0.2, 0.25) is 0 Å². The van der Waals surface area contributed by atoms with Crippen molar-refractivity contribution < 1.29 is 14.4 Å². The maximum atomic E-state index is 12.3. The molecule has 0 aliphatic carbocycles. The number of carbonyl (C=O) groups excluding carboxylic acids is 3. The lowest BCUT2D eigenvalue weighted by Gasteiger charge is -2.28. The van der Waals surface area contributed by atoms with Crippen molar-refractivity contribution in [2.45, 2.75) is 0 Å². The first-order valence-corrected chi connectivity index (χ1v) is 8.23. The summed E-state index contributed by atoms with van der Waals surface area (Å²) in [5.41, 5.74) is 1.56. The zero-order valence-electron chi connectivity index (χ0n) is 13.1. The number of benzene rings is 1. The maximum absolute atomic E-state index is 12.3. The van der Waals surface area contributed by atoms with Crippen molar-refractivity contribution in [2.24, 2.45) is 0 Å². The smallest absolute Gasteiger partial charge is 0.317 e. The van der Waals surface area contributed by atoms with E-state index in [1.54, 1.807) is 0 Å². The van der Waals surface area contributed by atoms with Gasteiger partial charge in [-0.05, 0) is 65.1 Å². The third-order valence-electron chi connectivity index (χ3n) is 3.82. The van der Waals surface area contributed by atoms with Crippen LogP contribution in [-0.2, 0) is 9.59 Å². The molecular formula is C17H14IN3O3. The normalized spacial score (nSPS) is 15.3. The predicted molar refractivity (Wildman–Crippen MR) is 97.4 cm³/mol. The Morgan fingerprint density at radius 1 is 0.917 bits per heavy atom. The van der Waals surface area contributed by atoms with E-state index in [0.717, 1.165) is 19.1 Å². The molecule has 2 aromatic rings. The molecule has 0 unspecified atom stereocenters. The Bertz CT molecular complexity index is 841. The highest BCUT2D eigenvalue weighted by molar-refractivity contribution is 14.1. The van der Waals surface area contributed by atoms with Gasteiger partial charge in [-0.15, -0.1) is 0 Å². The number of carbonyl (C=O) groups is 3. The van der Waals surface area contributed by atoms with Crippen LogP contribution >= 0.6 is 22.6 Å². The molecule has 6 nitrogen and oxygen atoms in total. The summed E-state index contributed by atoms with van der Waals surface area (Å²) < 4.78 is 2.99. The lowest BCUT2D eigenvalue weighted by molar-refractivity contribution is -0.134. The van der Waals surface area contributed by atoms with E-state index in [2.05, 4.69) is 22.6 Å². The number of imide groups is 2. The molecule has 1 aliphatic rings. The van der Waals surface area contributed by atoms with Gasteiger partial charge in [-0.3, -0.25) is 19.4 Å². The van der Waals surface area contributed by atoms with Crippen molar-refractivity contribution in [1.29, 1.82) is 0 Å². The van der Waals surface area contributed by atoms with Gasteiger partial charge in [0, 0.05) is 35.2 Å². The number of barbiturate groups is 1. The topological polar surface area (TPSA) is 62.6 Å². The van der Waals surface area contributed by atoms with E-state index in [4.69, 9.17) is 0 Å². The summed E-state index contributed by atoms with van der Waals surface area (Å²) in [6.07, 6.45) is 3.37. The van der Waals surface area contributed by atoms with Crippen LogP contribution in [0.25, 0.3) is 11.8 Å². The average Bonchev–Trinajstić information content (AvgIpc) is 3.04. The van der Waals surface area contributed by atoms with Crippen LogP contribution in [0.1, 0.15) is 5.69 Å². The Kier molecular flexibility index (Phi) is 4.27. The van der Waals surface area contributed by atoms with Gasteiger partial charge in [-0.2, -0.15) is 0 Å². The largest absolute Gasteiger partial charge is 0.333 e. The van der Waals surface area contributed by atoms with Crippen molar-refractivity contribution in [2.75, 3.05) is 14.1 Å². The molecule has 0 atom stereocenters. The summed E-state index contributed by atoms with van der Waals surface area (Å²) in [6, 6.07) is 10.9. The third kappa shape index (κ3) is 2.75. The number of aromatic nitrogens is 1. The lowest BCUT2D eigenvalue weighted by atomic mass is 10.1. The lowest BCUT2D eigenvalue weighted by Crippen LogP contribution is -2.52. The number of amides is 4. The van der Waals surface area contributed by atoms with E-state index in [1.165, 1.54) is 20.2 Å². The molecule has 0 spiro atoms. The quantitative estimate of drug-likeness (QED) is 0.414. The minimum absolute atomic E-state index is 0.0370. The molecular weight excluding hydrogens is 421 g/mol. The highest BCUT2D eigenvalue weighted by Gasteiger charge is 2.37. The van der Waals surface area contributed by atoms with E-state index in [9.17, 15) is 14.4 Å². The Balaban J connectivity index is 2.05. The minimum Gasteiger partial charge on any atom is -0.317 e. The summed E-state index contributed by atoms with van der Waals surface area (Å²) in [4.78, 5) is 38.2. The second-order valence-electron chi connectivity index (χ2n) is 5.35. The number of likely N-dealkylation sites (N-methyl/N-ethyl adjacent to an activating group) is 2. The first kappa shape index (κ1) is 16.4. The summed E-state index contributed by atoms with van der Waals surface area (Å²) >= 11 is 2.23. The molecule has 0 N–H and O–H groups in total. The summed E-state index contributed by atoms with van der Waals surface area (Å²) in [7, 11) is 2.72. The first-order chi connectivity index (χ1) is 11.4. The molecule has 2 heterocycles. The van der Waals surface area contributed by atoms with E-state index < -0.39 is 17.8 Å². The Labute approximate surface area is 152 Å². The predicted octanol–water partition coefficient (Wildman–Crippen LogP) is 2.52. The van der Waals surface area contributed by atoms with Crippen molar-refractivity contribution in [3.05, 3.63) is 57.4 Å². The SMILES string of the molecule is CN1C(=O)C(=Cc2cccn2-c2ccc(I)cc2)C(=O)N(C)C1=O. The number of hydrogen-bond donors (Lipinski definition) is 0. The maximum Gasteiger partial charge on any atom is 0.333 e. The van der Waals surface area contributed by atoms with Crippen molar-refractivity contribution in [1.82, 2.24) is 14.4 Å². The van der Waals surface area contributed by atoms with E-state index in [-0.39, 0.29) is 5.57 Å². The minimum atomic E-state index is -0.629. The molecule has 1 aromatic heterocycles. The van der Waals surface area contributed by atoms with Crippen LogP contribution < -0.4 is 0 Å². The van der Waals surface area contributed by atoms with Crippen LogP contribution in [0, 0.1) is 3.57 Å². The molecule has 122 valence electrons. The van der Waals surface area contributed by atoms with E-state index in [0.29, 0.717) is 5.69 Å². The molecule has 0 bridgehead atoms. The summed E-state index contributed by atoms with van der Waals surface area (Å²) in [5.74, 6) is -1.20. The van der Waals surface area contributed by atoms with Crippen molar-refractivity contribution in [3.63, 3.8) is 0 Å². The number of hydrogen-bond acceptors (Lipinski definition) is 3. The van der Waals surface area contributed by atoms with E-state index in [1.807, 2.05) is 47.2 Å². The molecule has 1 saturated heterocycles. The molecule has 1 fully saturated rings. The highest BCUT2D eigenvalue weighted by atomic mass is 127. The Morgan fingerprint density at radius 2 is 1.50 bits per heavy atom. The van der Waals surface area contributed by atoms with Crippen LogP contribution in [0.15, 0.2) is 48.2 Å². The second kappa shape index (κ2) is 6.23. The van der Waals surface area contributed by atoms with Gasteiger partial charge in [-0.25, -0.2) is 4.79 Å². The Hall–Kier alpha value is -2.42. The average molecular weight is 435 g/mol. The van der Waals surface area contributed by atoms with Gasteiger partial charge in [0.1, 0.15) is 5.57 Å². The molecule has 0 saturated carbocycles. The number of rotatable bonds is 2. The van der Waals surface area contributed by atoms with E-state index >= 15 is 0 Å². The fraction of sp³-hybridized carbons (Fsp3) is 0.118. The zero-order valence-corrected chi connectivity index (χ0v) is 15.2. The standard InChI is InChI=1S/C17H14IN3O3/c1-19-15(22)14(16(23)20(2)17(19)24)10-13-4-3-9-21(13)12-7-5-11(18)6-8-12/h3-10H,1-2H3. The summed E-state index contributed by atoms with van der Waals surface area (Å²) in [5, 5.41) is 0. The molecule has 4 amide bonds. The van der Waals surface area contributed by atoms with Gasteiger partial charge >= 0.3 is 6.03 Å². The number of nitrogens with zero attached hydrogens (tertiary/aromatic N) is 3. The van der Waals surface area contributed by atoms with Crippen molar-refractivity contribution in [3.8, 4) is 5.69 Å². The fourth-order valence-corrected chi connectivity index (χ4v) is 2.83. The monoisotopic (exact) mass is 435 g/mol. The highest BCUT2D eigenvalue weighted by Crippen LogP contribution is 2.21. The van der Waals surface area contributed by atoms with Gasteiger partial charge < -0.3 is 4.57 Å². The van der Waals surface area contributed by atoms with Gasteiger partial charge in [0.15, 0.2) is 0 Å². The van der Waals surface area contributed by atoms with Crippen LogP contribution in [0.4, 0.5) is 4.79 Å². The molecule has 3 rings (SSSR count). The molecule has 1 aliphatic heterocycles.